The Morgan fingerprint density at radius 3 is 3.00 bits per heavy atom. The Bertz CT molecular complexity index is 409. The molecule has 0 amide bonds. The standard InChI is InChI=1S/C10H8BrNO/c1-6(13)10-9-4-8(11)3-2-7(9)5-12-10/h2-4H,5H2,1H3. The molecule has 2 rings (SSSR count). The van der Waals surface area contributed by atoms with Gasteiger partial charge in [-0.3, -0.25) is 9.79 Å². The van der Waals surface area contributed by atoms with E-state index in [4.69, 9.17) is 0 Å². The van der Waals surface area contributed by atoms with E-state index in [2.05, 4.69) is 20.9 Å². The molecule has 0 atom stereocenters. The van der Waals surface area contributed by atoms with E-state index in [0.29, 0.717) is 12.3 Å². The molecule has 0 aromatic heterocycles. The van der Waals surface area contributed by atoms with Gasteiger partial charge in [-0.05, 0) is 17.7 Å². The summed E-state index contributed by atoms with van der Waals surface area (Å²) in [5.41, 5.74) is 2.71. The molecule has 13 heavy (non-hydrogen) atoms. The Labute approximate surface area is 84.8 Å². The van der Waals surface area contributed by atoms with E-state index < -0.39 is 0 Å². The first kappa shape index (κ1) is 8.63. The number of fused-ring (bicyclic) bond motifs is 1. The van der Waals surface area contributed by atoms with Crippen LogP contribution in [0.1, 0.15) is 18.1 Å². The highest BCUT2D eigenvalue weighted by Gasteiger charge is 2.18. The van der Waals surface area contributed by atoms with Crippen LogP contribution in [0, 0.1) is 0 Å². The highest BCUT2D eigenvalue weighted by atomic mass is 79.9. The zero-order valence-corrected chi connectivity index (χ0v) is 8.76. The number of ketones is 1. The fourth-order valence-electron chi connectivity index (χ4n) is 1.46. The topological polar surface area (TPSA) is 29.4 Å². The monoisotopic (exact) mass is 237 g/mol. The van der Waals surface area contributed by atoms with Gasteiger partial charge in [0.25, 0.3) is 0 Å². The Morgan fingerprint density at radius 2 is 2.31 bits per heavy atom. The molecule has 3 heteroatoms. The SMILES string of the molecule is CC(=O)C1=NCc2ccc(Br)cc21. The number of rotatable bonds is 1. The summed E-state index contributed by atoms with van der Waals surface area (Å²) in [6.07, 6.45) is 0. The zero-order chi connectivity index (χ0) is 9.42. The van der Waals surface area contributed by atoms with E-state index in [-0.39, 0.29) is 5.78 Å². The van der Waals surface area contributed by atoms with E-state index in [1.165, 1.54) is 0 Å². The van der Waals surface area contributed by atoms with Gasteiger partial charge in [0, 0.05) is 17.0 Å². The number of hydrogen-bond donors (Lipinski definition) is 0. The van der Waals surface area contributed by atoms with Crippen molar-refractivity contribution in [2.24, 2.45) is 4.99 Å². The predicted molar refractivity (Wildman–Crippen MR) is 55.1 cm³/mol. The van der Waals surface area contributed by atoms with Crippen molar-refractivity contribution in [2.45, 2.75) is 13.5 Å². The van der Waals surface area contributed by atoms with Crippen LogP contribution in [0.2, 0.25) is 0 Å². The molecule has 0 fully saturated rings. The lowest BCUT2D eigenvalue weighted by Crippen LogP contribution is -2.08. The normalized spacial score (nSPS) is 13.8. The average Bonchev–Trinajstić information content (AvgIpc) is 2.46. The van der Waals surface area contributed by atoms with Crippen molar-refractivity contribution in [2.75, 3.05) is 0 Å². The third-order valence-corrected chi connectivity index (χ3v) is 2.56. The zero-order valence-electron chi connectivity index (χ0n) is 7.17. The summed E-state index contributed by atoms with van der Waals surface area (Å²) >= 11 is 3.38. The number of nitrogens with zero attached hydrogens (tertiary/aromatic N) is 1. The quantitative estimate of drug-likeness (QED) is 0.738. The lowest BCUT2D eigenvalue weighted by Gasteiger charge is -2.00. The summed E-state index contributed by atoms with van der Waals surface area (Å²) in [6, 6.07) is 5.92. The van der Waals surface area contributed by atoms with E-state index in [1.807, 2.05) is 18.2 Å². The third-order valence-electron chi connectivity index (χ3n) is 2.07. The van der Waals surface area contributed by atoms with Gasteiger partial charge in [-0.25, -0.2) is 0 Å². The first-order chi connectivity index (χ1) is 6.18. The molecule has 0 spiro atoms. The van der Waals surface area contributed by atoms with Crippen molar-refractivity contribution < 1.29 is 4.79 Å². The Balaban J connectivity index is 2.54. The van der Waals surface area contributed by atoms with Crippen molar-refractivity contribution in [1.82, 2.24) is 0 Å². The number of halogens is 1. The first-order valence-electron chi connectivity index (χ1n) is 4.02. The third kappa shape index (κ3) is 1.44. The summed E-state index contributed by atoms with van der Waals surface area (Å²) in [5.74, 6) is 0.0388. The largest absolute Gasteiger partial charge is 0.293 e. The van der Waals surface area contributed by atoms with Crippen LogP contribution < -0.4 is 0 Å². The average molecular weight is 238 g/mol. The Hall–Kier alpha value is -0.960. The summed E-state index contributed by atoms with van der Waals surface area (Å²) in [4.78, 5) is 15.4. The van der Waals surface area contributed by atoms with Crippen LogP contribution in [-0.4, -0.2) is 11.5 Å². The van der Waals surface area contributed by atoms with Crippen LogP contribution >= 0.6 is 15.9 Å². The van der Waals surface area contributed by atoms with Crippen molar-refractivity contribution >= 4 is 27.4 Å². The number of benzene rings is 1. The Morgan fingerprint density at radius 1 is 1.54 bits per heavy atom. The fraction of sp³-hybridized carbons (Fsp3) is 0.200. The second-order valence-corrected chi connectivity index (χ2v) is 3.94. The molecule has 1 aromatic carbocycles. The molecule has 1 aliphatic heterocycles. The molecule has 1 aliphatic rings. The van der Waals surface area contributed by atoms with Crippen LogP contribution in [-0.2, 0) is 11.3 Å². The molecule has 0 radical (unpaired) electrons. The maximum absolute atomic E-state index is 11.2. The molecule has 0 saturated carbocycles. The van der Waals surface area contributed by atoms with Gasteiger partial charge in [-0.15, -0.1) is 0 Å². The highest BCUT2D eigenvalue weighted by molar-refractivity contribution is 9.10. The highest BCUT2D eigenvalue weighted by Crippen LogP contribution is 2.23. The number of aliphatic imine (C=N–C) groups is 1. The lowest BCUT2D eigenvalue weighted by atomic mass is 10.0. The van der Waals surface area contributed by atoms with E-state index in [1.54, 1.807) is 6.92 Å². The number of carbonyl (C=O) groups excluding carboxylic acids is 1. The van der Waals surface area contributed by atoms with Crippen molar-refractivity contribution in [3.63, 3.8) is 0 Å². The van der Waals surface area contributed by atoms with Crippen molar-refractivity contribution in [3.8, 4) is 0 Å². The molecule has 0 N–H and O–H groups in total. The van der Waals surface area contributed by atoms with Gasteiger partial charge in [0.05, 0.1) is 6.54 Å². The van der Waals surface area contributed by atoms with Gasteiger partial charge < -0.3 is 0 Å². The molecule has 66 valence electrons. The van der Waals surface area contributed by atoms with Gasteiger partial charge in [0.15, 0.2) is 5.78 Å². The minimum atomic E-state index is 0.0388. The molecule has 0 bridgehead atoms. The van der Waals surface area contributed by atoms with Gasteiger partial charge in [0.2, 0.25) is 0 Å². The lowest BCUT2D eigenvalue weighted by molar-refractivity contribution is -0.111. The molecule has 2 nitrogen and oxygen atoms in total. The fourth-order valence-corrected chi connectivity index (χ4v) is 1.82. The van der Waals surface area contributed by atoms with Crippen molar-refractivity contribution in [3.05, 3.63) is 33.8 Å². The van der Waals surface area contributed by atoms with Crippen LogP contribution in [0.5, 0.6) is 0 Å². The van der Waals surface area contributed by atoms with Gasteiger partial charge in [-0.1, -0.05) is 22.0 Å². The summed E-state index contributed by atoms with van der Waals surface area (Å²) in [5, 5.41) is 0. The molecule has 1 aromatic rings. The maximum atomic E-state index is 11.2. The Kier molecular flexibility index (Phi) is 2.04. The molecular formula is C10H8BrNO. The predicted octanol–water partition coefficient (Wildman–Crippen LogP) is 2.34. The minimum absolute atomic E-state index is 0.0388. The number of hydrogen-bond acceptors (Lipinski definition) is 2. The van der Waals surface area contributed by atoms with E-state index in [9.17, 15) is 4.79 Å². The van der Waals surface area contributed by atoms with Crippen LogP contribution in [0.15, 0.2) is 27.7 Å². The van der Waals surface area contributed by atoms with Gasteiger partial charge in [-0.2, -0.15) is 0 Å². The molecule has 0 unspecified atom stereocenters. The smallest absolute Gasteiger partial charge is 0.178 e. The summed E-state index contributed by atoms with van der Waals surface area (Å²) in [7, 11) is 0. The molecular weight excluding hydrogens is 230 g/mol. The summed E-state index contributed by atoms with van der Waals surface area (Å²) in [6.45, 7) is 2.19. The molecule has 1 heterocycles. The van der Waals surface area contributed by atoms with Crippen LogP contribution in [0.4, 0.5) is 0 Å². The van der Waals surface area contributed by atoms with Crippen LogP contribution in [0.25, 0.3) is 0 Å². The van der Waals surface area contributed by atoms with Gasteiger partial charge >= 0.3 is 0 Å². The second-order valence-electron chi connectivity index (χ2n) is 3.02. The molecule has 0 aliphatic carbocycles. The minimum Gasteiger partial charge on any atom is -0.293 e. The van der Waals surface area contributed by atoms with E-state index >= 15 is 0 Å². The second kappa shape index (κ2) is 3.07. The maximum Gasteiger partial charge on any atom is 0.178 e. The van der Waals surface area contributed by atoms with Crippen LogP contribution in [0.3, 0.4) is 0 Å². The first-order valence-corrected chi connectivity index (χ1v) is 4.82. The summed E-state index contributed by atoms with van der Waals surface area (Å²) < 4.78 is 0.988. The van der Waals surface area contributed by atoms with E-state index in [0.717, 1.165) is 15.6 Å². The number of Topliss-reactive ketones (excluding diaryl/α,β-unsaturated/α-hetero) is 1. The molecule has 0 saturated heterocycles. The number of carbonyl (C=O) groups is 1. The van der Waals surface area contributed by atoms with Crippen molar-refractivity contribution in [1.29, 1.82) is 0 Å². The van der Waals surface area contributed by atoms with Gasteiger partial charge in [0.1, 0.15) is 5.71 Å².